The van der Waals surface area contributed by atoms with Crippen LogP contribution in [0.2, 0.25) is 0 Å². The van der Waals surface area contributed by atoms with E-state index in [1.165, 1.54) is 12.0 Å². The van der Waals surface area contributed by atoms with Crippen LogP contribution in [0, 0.1) is 17.8 Å². The van der Waals surface area contributed by atoms with E-state index < -0.39 is 51.1 Å². The van der Waals surface area contributed by atoms with Crippen LogP contribution in [0.15, 0.2) is 50.9 Å². The molecule has 2 aromatic carbocycles. The van der Waals surface area contributed by atoms with E-state index in [9.17, 15) is 24.3 Å². The molecule has 3 aliphatic heterocycles. The first-order valence-electron chi connectivity index (χ1n) is 15.0. The van der Waals surface area contributed by atoms with Crippen LogP contribution < -0.4 is 14.5 Å². The van der Waals surface area contributed by atoms with Crippen LogP contribution in [-0.2, 0) is 23.9 Å². The molecule has 0 aromatic heterocycles. The molecule has 0 bridgehead atoms. The number of alkyl halides is 3. The van der Waals surface area contributed by atoms with Gasteiger partial charge < -0.3 is 19.5 Å². The number of benzene rings is 2. The lowest BCUT2D eigenvalue weighted by Crippen LogP contribution is -2.60. The van der Waals surface area contributed by atoms with Gasteiger partial charge >= 0.3 is 0 Å². The molecule has 1 N–H and O–H groups in total. The summed E-state index contributed by atoms with van der Waals surface area (Å²) in [5, 5.41) is 10.7. The third kappa shape index (κ3) is 4.62. The topological polar surface area (TPSA) is 117 Å². The van der Waals surface area contributed by atoms with Gasteiger partial charge in [-0.1, -0.05) is 27.6 Å². The first-order chi connectivity index (χ1) is 22.4. The van der Waals surface area contributed by atoms with Crippen LogP contribution in [-0.4, -0.2) is 82.3 Å². The summed E-state index contributed by atoms with van der Waals surface area (Å²) in [6.45, 7) is 2.75. The minimum absolute atomic E-state index is 0.0971. The number of rotatable bonds is 5. The molecule has 47 heavy (non-hydrogen) atoms. The number of nitrogens with zero attached hydrogens (tertiary/aromatic N) is 3. The normalized spacial score (nSPS) is 32.0. The Bertz CT molecular complexity index is 1750. The molecule has 7 rings (SSSR count). The number of hydrogen-bond acceptors (Lipinski definition) is 8. The lowest BCUT2D eigenvalue weighted by Gasteiger charge is -2.51. The maximum absolute atomic E-state index is 14.4. The van der Waals surface area contributed by atoms with Crippen molar-refractivity contribution < 1.29 is 33.8 Å². The molecule has 1 saturated carbocycles. The number of carbonyl (C=O) groups is 4. The van der Waals surface area contributed by atoms with Gasteiger partial charge in [-0.15, -0.1) is 23.2 Å². The number of allylic oxidation sites excluding steroid dienone is 2. The van der Waals surface area contributed by atoms with Crippen molar-refractivity contribution in [3.63, 3.8) is 0 Å². The second-order valence-electron chi connectivity index (χ2n) is 12.3. The third-order valence-electron chi connectivity index (χ3n) is 10.2. The Labute approximate surface area is 305 Å². The van der Waals surface area contributed by atoms with Gasteiger partial charge in [0, 0.05) is 29.2 Å². The van der Waals surface area contributed by atoms with Crippen molar-refractivity contribution in [3.05, 3.63) is 56.5 Å². The van der Waals surface area contributed by atoms with Gasteiger partial charge in [0.2, 0.25) is 11.8 Å². The number of methoxy groups -OCH3 is 1. The van der Waals surface area contributed by atoms with Crippen LogP contribution in [0.4, 0.5) is 11.4 Å². The van der Waals surface area contributed by atoms with Gasteiger partial charge in [-0.05, 0) is 86.5 Å². The molecular weight excluding hydrogens is 849 g/mol. The fourth-order valence-electron chi connectivity index (χ4n) is 7.96. The predicted molar refractivity (Wildman–Crippen MR) is 185 cm³/mol. The number of hydrogen-bond donors (Lipinski definition) is 1. The zero-order chi connectivity index (χ0) is 33.6. The van der Waals surface area contributed by atoms with Crippen LogP contribution in [0.1, 0.15) is 24.3 Å². The number of carbonyl (C=O) groups excluding carboxylic acids is 4. The molecule has 6 unspecified atom stereocenters. The van der Waals surface area contributed by atoms with Crippen LogP contribution in [0.3, 0.4) is 0 Å². The number of halogens is 5. The number of amides is 4. The number of phenols is 1. The van der Waals surface area contributed by atoms with Gasteiger partial charge in [0.05, 0.1) is 47.8 Å². The van der Waals surface area contributed by atoms with Crippen molar-refractivity contribution in [1.29, 1.82) is 0 Å². The number of anilines is 2. The lowest BCUT2D eigenvalue weighted by molar-refractivity contribution is -0.138. The summed E-state index contributed by atoms with van der Waals surface area (Å²) in [5.41, 5.74) is 2.34. The second-order valence-corrected chi connectivity index (χ2v) is 15.6. The fraction of sp³-hybridized carbons (Fsp3) is 0.438. The van der Waals surface area contributed by atoms with E-state index in [0.29, 0.717) is 34.5 Å². The average molecular weight is 877 g/mol. The highest BCUT2D eigenvalue weighted by atomic mass is 79.9. The van der Waals surface area contributed by atoms with Crippen LogP contribution in [0.5, 0.6) is 11.5 Å². The van der Waals surface area contributed by atoms with Crippen molar-refractivity contribution in [1.82, 2.24) is 4.90 Å². The minimum Gasteiger partial charge on any atom is -0.503 e. The number of likely N-dealkylation sites (tertiary alicyclic amines) is 1. The van der Waals surface area contributed by atoms with Gasteiger partial charge in [-0.25, -0.2) is 0 Å². The monoisotopic (exact) mass is 873 g/mol. The summed E-state index contributed by atoms with van der Waals surface area (Å²) in [4.78, 5) is 56.8. The van der Waals surface area contributed by atoms with E-state index in [2.05, 4.69) is 52.7 Å². The smallest absolute Gasteiger partial charge is 0.254 e. The molecule has 5 aliphatic rings. The summed E-state index contributed by atoms with van der Waals surface area (Å²) >= 11 is 24.9. The van der Waals surface area contributed by atoms with Gasteiger partial charge in [0.25, 0.3) is 11.8 Å². The number of imide groups is 2. The first-order valence-corrected chi connectivity index (χ1v) is 18.4. The molecule has 2 aliphatic carbocycles. The van der Waals surface area contributed by atoms with E-state index >= 15 is 0 Å². The number of ether oxygens (including phenoxy) is 2. The summed E-state index contributed by atoms with van der Waals surface area (Å²) in [7, 11) is 1.39. The Morgan fingerprint density at radius 1 is 0.979 bits per heavy atom. The third-order valence-corrected chi connectivity index (χ3v) is 14.3. The number of fused-ring (bicyclic) bond motifs is 4. The standard InChI is InChI=1S/C32H28Br3Cl2N3O7/c1-46-21-12-19(24(34)25(35)26(21)41)23-17-6-7-18-22(20(17)13-31(36)29(44)39(14-33)30(45)32(23,31)37)28(43)40(27(18)42)16-4-2-15(3-5-16)38-8-10-47-11-9-38/h2-6,12,18,20,22-23,41H,7-11,13-14H2,1H3. The largest absolute Gasteiger partial charge is 0.503 e. The second kappa shape index (κ2) is 12.0. The molecule has 248 valence electrons. The molecule has 0 radical (unpaired) electrons. The number of morpholine rings is 1. The van der Waals surface area contributed by atoms with Crippen LogP contribution in [0.25, 0.3) is 0 Å². The average Bonchev–Trinajstić information content (AvgIpc) is 3.42. The Morgan fingerprint density at radius 2 is 1.64 bits per heavy atom. The molecule has 10 nitrogen and oxygen atoms in total. The van der Waals surface area contributed by atoms with Gasteiger partial charge in [0.15, 0.2) is 21.2 Å². The lowest BCUT2D eigenvalue weighted by atomic mass is 9.56. The molecule has 3 saturated heterocycles. The van der Waals surface area contributed by atoms with E-state index in [4.69, 9.17) is 32.7 Å². The Morgan fingerprint density at radius 3 is 2.28 bits per heavy atom. The molecular formula is C32H28Br3Cl2N3O7. The summed E-state index contributed by atoms with van der Waals surface area (Å²) in [5.74, 6) is -5.45. The van der Waals surface area contributed by atoms with Crippen LogP contribution >= 0.6 is 71.0 Å². The van der Waals surface area contributed by atoms with Crippen molar-refractivity contribution >= 4 is 106 Å². The fourth-order valence-corrected chi connectivity index (χ4v) is 10.3. The van der Waals surface area contributed by atoms with E-state index in [1.54, 1.807) is 18.2 Å². The number of aromatic hydroxyl groups is 1. The van der Waals surface area contributed by atoms with E-state index in [0.717, 1.165) is 23.7 Å². The Kier molecular flexibility index (Phi) is 8.52. The SMILES string of the molecule is COc1cc(C2C3=CCC4C(=O)N(c5ccc(N6CCOCC6)cc5)C(=O)C4C3CC3(Cl)C(=O)N(CBr)C(=O)C23Cl)c(Br)c(Br)c1O. The Hall–Kier alpha value is -2.16. The minimum atomic E-state index is -2.00. The first kappa shape index (κ1) is 33.3. The molecule has 4 fully saturated rings. The maximum atomic E-state index is 14.4. The zero-order valence-electron chi connectivity index (χ0n) is 24.9. The van der Waals surface area contributed by atoms with E-state index in [1.807, 2.05) is 18.2 Å². The highest BCUT2D eigenvalue weighted by Gasteiger charge is 2.76. The highest BCUT2D eigenvalue weighted by molar-refractivity contribution is 9.13. The van der Waals surface area contributed by atoms with Crippen molar-refractivity contribution in [2.24, 2.45) is 17.8 Å². The predicted octanol–water partition coefficient (Wildman–Crippen LogP) is 5.68. The van der Waals surface area contributed by atoms with Crippen molar-refractivity contribution in [3.8, 4) is 11.5 Å². The van der Waals surface area contributed by atoms with Gasteiger partial charge in [-0.2, -0.15) is 0 Å². The van der Waals surface area contributed by atoms with Crippen molar-refractivity contribution in [2.45, 2.75) is 28.5 Å². The molecule has 6 atom stereocenters. The summed E-state index contributed by atoms with van der Waals surface area (Å²) < 4.78 is 11.5. The van der Waals surface area contributed by atoms with Gasteiger partial charge in [-0.3, -0.25) is 29.0 Å². The molecule has 15 heteroatoms. The number of phenolic OH excluding ortho intramolecular Hbond substituents is 1. The maximum Gasteiger partial charge on any atom is 0.254 e. The van der Waals surface area contributed by atoms with Crippen molar-refractivity contribution in [2.75, 3.05) is 48.7 Å². The highest BCUT2D eigenvalue weighted by Crippen LogP contribution is 2.67. The molecule has 0 spiro atoms. The molecule has 2 aromatic rings. The Balaban J connectivity index is 1.33. The van der Waals surface area contributed by atoms with Gasteiger partial charge in [0.1, 0.15) is 0 Å². The molecule has 4 amide bonds. The molecule has 3 heterocycles. The summed E-state index contributed by atoms with van der Waals surface area (Å²) in [6.07, 6.45) is 1.95. The quantitative estimate of drug-likeness (QED) is 0.177. The van der Waals surface area contributed by atoms with E-state index in [-0.39, 0.29) is 40.2 Å². The summed E-state index contributed by atoms with van der Waals surface area (Å²) in [6, 6.07) is 8.87. The zero-order valence-corrected chi connectivity index (χ0v) is 31.1.